The van der Waals surface area contributed by atoms with Gasteiger partial charge in [0.05, 0.1) is 5.69 Å². The van der Waals surface area contributed by atoms with Crippen LogP contribution in [0.25, 0.3) is 96.6 Å². The molecular weight excluding hydrogens is 743 g/mol. The average Bonchev–Trinajstić information content (AvgIpc) is 3.71. The standard InChI is InChI=1S/C58H37NS/c1-2-13-43-35-46(30-23-38(43)11-1)49-16-5-7-20-54(49)59(48-15-9-14-45(36-48)51-19-10-22-56-58(51)52-18-6-8-21-55(52)60-56)47-33-31-39(32-34-47)44-29-26-41-25-28-42-27-24-40-12-3-4-17-50(40)57(42)53(41)37-44/h1-37H. The number of para-hydroxylation sites is 1. The summed E-state index contributed by atoms with van der Waals surface area (Å²) in [7, 11) is 0. The fraction of sp³-hybridized carbons (Fsp3) is 0. The lowest BCUT2D eigenvalue weighted by molar-refractivity contribution is 1.28. The molecule has 0 aliphatic carbocycles. The normalized spacial score (nSPS) is 11.7. The van der Waals surface area contributed by atoms with Crippen LogP contribution in [-0.4, -0.2) is 0 Å². The van der Waals surface area contributed by atoms with E-state index >= 15 is 0 Å². The van der Waals surface area contributed by atoms with Gasteiger partial charge in [0.2, 0.25) is 0 Å². The lowest BCUT2D eigenvalue weighted by Gasteiger charge is -2.28. The number of anilines is 3. The highest BCUT2D eigenvalue weighted by Crippen LogP contribution is 2.45. The highest BCUT2D eigenvalue weighted by Gasteiger charge is 2.19. The van der Waals surface area contributed by atoms with E-state index in [4.69, 9.17) is 0 Å². The number of hydrogen-bond donors (Lipinski definition) is 0. The summed E-state index contributed by atoms with van der Waals surface area (Å²) in [6, 6.07) is 82.6. The molecule has 0 bridgehead atoms. The Morgan fingerprint density at radius 3 is 1.77 bits per heavy atom. The van der Waals surface area contributed by atoms with Crippen LogP contribution in [0.5, 0.6) is 0 Å². The topological polar surface area (TPSA) is 3.24 Å². The zero-order chi connectivity index (χ0) is 39.6. The third kappa shape index (κ3) is 5.76. The van der Waals surface area contributed by atoms with Crippen molar-refractivity contribution in [2.45, 2.75) is 0 Å². The van der Waals surface area contributed by atoms with Gasteiger partial charge in [-0.05, 0) is 126 Å². The predicted octanol–water partition coefficient (Wildman–Crippen LogP) is 17.1. The predicted molar refractivity (Wildman–Crippen MR) is 260 cm³/mol. The van der Waals surface area contributed by atoms with Crippen molar-refractivity contribution in [1.82, 2.24) is 0 Å². The molecule has 2 heteroatoms. The van der Waals surface area contributed by atoms with Gasteiger partial charge in [-0.1, -0.05) is 170 Å². The first-order valence-electron chi connectivity index (χ1n) is 20.6. The van der Waals surface area contributed by atoms with E-state index in [1.807, 2.05) is 11.3 Å². The van der Waals surface area contributed by atoms with Gasteiger partial charge in [0.1, 0.15) is 0 Å². The summed E-state index contributed by atoms with van der Waals surface area (Å²) in [5, 5.41) is 12.8. The third-order valence-electron chi connectivity index (χ3n) is 12.2. The first kappa shape index (κ1) is 34.5. The summed E-state index contributed by atoms with van der Waals surface area (Å²) < 4.78 is 2.62. The molecule has 280 valence electrons. The molecule has 0 radical (unpaired) electrons. The average molecular weight is 780 g/mol. The van der Waals surface area contributed by atoms with E-state index in [1.165, 1.54) is 96.6 Å². The molecular formula is C58H37NS. The minimum atomic E-state index is 1.10. The second kappa shape index (κ2) is 14.1. The van der Waals surface area contributed by atoms with Crippen molar-refractivity contribution in [2.24, 2.45) is 0 Å². The van der Waals surface area contributed by atoms with Gasteiger partial charge in [0.25, 0.3) is 0 Å². The molecule has 12 aromatic rings. The molecule has 11 aromatic carbocycles. The Kier molecular flexibility index (Phi) is 8.11. The number of benzene rings is 11. The van der Waals surface area contributed by atoms with Crippen LogP contribution in [0.3, 0.4) is 0 Å². The van der Waals surface area contributed by atoms with Gasteiger partial charge in [0.15, 0.2) is 0 Å². The largest absolute Gasteiger partial charge is 0.310 e. The van der Waals surface area contributed by atoms with E-state index in [1.54, 1.807) is 0 Å². The van der Waals surface area contributed by atoms with Crippen molar-refractivity contribution in [1.29, 1.82) is 0 Å². The van der Waals surface area contributed by atoms with Crippen molar-refractivity contribution >= 4 is 91.7 Å². The Morgan fingerprint density at radius 2 is 0.883 bits per heavy atom. The zero-order valence-electron chi connectivity index (χ0n) is 32.7. The van der Waals surface area contributed by atoms with Crippen molar-refractivity contribution in [3.8, 4) is 33.4 Å². The van der Waals surface area contributed by atoms with Gasteiger partial charge in [-0.3, -0.25) is 0 Å². The summed E-state index contributed by atoms with van der Waals surface area (Å²) in [5.74, 6) is 0. The molecule has 1 heterocycles. The quantitative estimate of drug-likeness (QED) is 0.152. The summed E-state index contributed by atoms with van der Waals surface area (Å²) >= 11 is 1.87. The van der Waals surface area contributed by atoms with Crippen LogP contribution in [0.2, 0.25) is 0 Å². The van der Waals surface area contributed by atoms with Gasteiger partial charge >= 0.3 is 0 Å². The van der Waals surface area contributed by atoms with Gasteiger partial charge in [0, 0.05) is 37.1 Å². The molecule has 0 saturated heterocycles. The maximum absolute atomic E-state index is 2.43. The molecule has 0 aliphatic rings. The van der Waals surface area contributed by atoms with Crippen LogP contribution < -0.4 is 4.90 Å². The number of nitrogens with zero attached hydrogens (tertiary/aromatic N) is 1. The van der Waals surface area contributed by atoms with Crippen molar-refractivity contribution in [2.75, 3.05) is 4.90 Å². The van der Waals surface area contributed by atoms with Crippen LogP contribution in [-0.2, 0) is 0 Å². The molecule has 1 aromatic heterocycles. The van der Waals surface area contributed by atoms with E-state index in [0.29, 0.717) is 0 Å². The van der Waals surface area contributed by atoms with Gasteiger partial charge in [-0.25, -0.2) is 0 Å². The molecule has 0 aliphatic heterocycles. The van der Waals surface area contributed by atoms with Crippen LogP contribution >= 0.6 is 11.3 Å². The van der Waals surface area contributed by atoms with Crippen LogP contribution in [0, 0.1) is 0 Å². The van der Waals surface area contributed by atoms with Crippen LogP contribution in [0.1, 0.15) is 0 Å². The molecule has 0 fully saturated rings. The van der Waals surface area contributed by atoms with Gasteiger partial charge in [-0.2, -0.15) is 0 Å². The Labute approximate surface area is 352 Å². The third-order valence-corrected chi connectivity index (χ3v) is 13.3. The highest BCUT2D eigenvalue weighted by molar-refractivity contribution is 7.25. The second-order valence-electron chi connectivity index (χ2n) is 15.7. The fourth-order valence-electron chi connectivity index (χ4n) is 9.33. The van der Waals surface area contributed by atoms with E-state index in [9.17, 15) is 0 Å². The molecule has 0 amide bonds. The number of rotatable bonds is 6. The maximum atomic E-state index is 2.43. The summed E-state index contributed by atoms with van der Waals surface area (Å²) in [6.07, 6.45) is 0. The Balaban J connectivity index is 1.02. The highest BCUT2D eigenvalue weighted by atomic mass is 32.1. The molecule has 1 nitrogen and oxygen atoms in total. The fourth-order valence-corrected chi connectivity index (χ4v) is 10.5. The smallest absolute Gasteiger partial charge is 0.0540 e. The molecule has 0 N–H and O–H groups in total. The van der Waals surface area contributed by atoms with E-state index < -0.39 is 0 Å². The Morgan fingerprint density at radius 1 is 0.283 bits per heavy atom. The Bertz CT molecular complexity index is 3610. The summed E-state index contributed by atoms with van der Waals surface area (Å²) in [4.78, 5) is 2.43. The van der Waals surface area contributed by atoms with Crippen LogP contribution in [0.4, 0.5) is 17.1 Å². The second-order valence-corrected chi connectivity index (χ2v) is 16.8. The molecule has 60 heavy (non-hydrogen) atoms. The lowest BCUT2D eigenvalue weighted by atomic mass is 9.94. The Hall–Kier alpha value is -7.52. The monoisotopic (exact) mass is 779 g/mol. The molecule has 0 unspecified atom stereocenters. The summed E-state index contributed by atoms with van der Waals surface area (Å²) in [6.45, 7) is 0. The molecule has 12 rings (SSSR count). The number of hydrogen-bond acceptors (Lipinski definition) is 2. The van der Waals surface area contributed by atoms with Crippen molar-refractivity contribution < 1.29 is 0 Å². The zero-order valence-corrected chi connectivity index (χ0v) is 33.5. The van der Waals surface area contributed by atoms with Gasteiger partial charge < -0.3 is 4.90 Å². The van der Waals surface area contributed by atoms with Crippen molar-refractivity contribution in [3.05, 3.63) is 224 Å². The molecule has 0 spiro atoms. The lowest BCUT2D eigenvalue weighted by Crippen LogP contribution is -2.11. The maximum Gasteiger partial charge on any atom is 0.0540 e. The first-order chi connectivity index (χ1) is 29.7. The van der Waals surface area contributed by atoms with E-state index in [2.05, 4.69) is 229 Å². The molecule has 0 atom stereocenters. The van der Waals surface area contributed by atoms with Crippen molar-refractivity contribution in [3.63, 3.8) is 0 Å². The van der Waals surface area contributed by atoms with Gasteiger partial charge in [-0.15, -0.1) is 11.3 Å². The first-order valence-corrected chi connectivity index (χ1v) is 21.4. The van der Waals surface area contributed by atoms with Crippen LogP contribution in [0.15, 0.2) is 224 Å². The molecule has 0 saturated carbocycles. The number of thiophene rings is 1. The SMILES string of the molecule is c1cc(-c2cccc3sc4ccccc4c23)cc(N(c2ccc(-c3ccc4ccc5ccc6ccccc6c5c4c3)cc2)c2ccccc2-c2ccc3ccccc3c2)c1. The van der Waals surface area contributed by atoms with E-state index in [-0.39, 0.29) is 0 Å². The summed E-state index contributed by atoms with van der Waals surface area (Å²) in [5.41, 5.74) is 10.5. The minimum absolute atomic E-state index is 1.10. The van der Waals surface area contributed by atoms with E-state index in [0.717, 1.165) is 17.1 Å². The minimum Gasteiger partial charge on any atom is -0.310 e. The number of fused-ring (bicyclic) bond motifs is 9.